The van der Waals surface area contributed by atoms with E-state index in [0.717, 1.165) is 22.4 Å². The van der Waals surface area contributed by atoms with Crippen molar-refractivity contribution in [2.24, 2.45) is 0 Å². The topological polar surface area (TPSA) is 59.8 Å². The Balaban J connectivity index is 1.74. The molecular formula is C30H29NO4. The second-order valence-corrected chi connectivity index (χ2v) is 9.43. The Morgan fingerprint density at radius 2 is 1.60 bits per heavy atom. The van der Waals surface area contributed by atoms with Gasteiger partial charge in [0.2, 0.25) is 5.76 Å². The molecule has 0 fully saturated rings. The number of aryl methyl sites for hydroxylation is 2. The van der Waals surface area contributed by atoms with Crippen LogP contribution in [0.15, 0.2) is 69.9 Å². The first kappa shape index (κ1) is 22.9. The Hall–Kier alpha value is -3.86. The van der Waals surface area contributed by atoms with Crippen molar-refractivity contribution in [1.29, 1.82) is 0 Å². The van der Waals surface area contributed by atoms with E-state index in [2.05, 4.69) is 26.0 Å². The molecule has 35 heavy (non-hydrogen) atoms. The number of rotatable bonds is 5. The second-order valence-electron chi connectivity index (χ2n) is 9.43. The molecule has 0 radical (unpaired) electrons. The van der Waals surface area contributed by atoms with E-state index in [1.165, 1.54) is 5.56 Å². The summed E-state index contributed by atoms with van der Waals surface area (Å²) in [6.45, 7) is 10.7. The van der Waals surface area contributed by atoms with Crippen molar-refractivity contribution in [2.45, 2.75) is 46.6 Å². The Morgan fingerprint density at radius 1 is 0.943 bits per heavy atom. The van der Waals surface area contributed by atoms with Crippen LogP contribution in [0.4, 0.5) is 5.69 Å². The van der Waals surface area contributed by atoms with Gasteiger partial charge in [0.05, 0.1) is 23.6 Å². The van der Waals surface area contributed by atoms with Crippen LogP contribution in [-0.4, -0.2) is 12.5 Å². The highest BCUT2D eigenvalue weighted by atomic mass is 16.5. The van der Waals surface area contributed by atoms with E-state index < -0.39 is 6.04 Å². The molecule has 0 saturated carbocycles. The van der Waals surface area contributed by atoms with E-state index in [1.807, 2.05) is 69.3 Å². The number of benzene rings is 3. The van der Waals surface area contributed by atoms with Gasteiger partial charge in [0.1, 0.15) is 11.3 Å². The zero-order valence-corrected chi connectivity index (χ0v) is 20.7. The monoisotopic (exact) mass is 467 g/mol. The molecule has 0 aliphatic carbocycles. The lowest BCUT2D eigenvalue weighted by molar-refractivity contribution is 0.0971. The quantitative estimate of drug-likeness (QED) is 0.328. The van der Waals surface area contributed by atoms with E-state index in [1.54, 1.807) is 4.90 Å². The molecule has 1 amide bonds. The van der Waals surface area contributed by atoms with Gasteiger partial charge in [-0.3, -0.25) is 14.5 Å². The van der Waals surface area contributed by atoms with E-state index in [0.29, 0.717) is 34.7 Å². The number of nitrogens with zero attached hydrogens (tertiary/aromatic N) is 1. The Labute approximate surface area is 205 Å². The lowest BCUT2D eigenvalue weighted by Gasteiger charge is -2.25. The maximum absolute atomic E-state index is 13.8. The van der Waals surface area contributed by atoms with Crippen LogP contribution < -0.4 is 15.1 Å². The number of fused-ring (bicyclic) bond motifs is 2. The molecule has 0 N–H and O–H groups in total. The van der Waals surface area contributed by atoms with Crippen LogP contribution in [0.5, 0.6) is 5.75 Å². The predicted molar refractivity (Wildman–Crippen MR) is 139 cm³/mol. The van der Waals surface area contributed by atoms with Crippen LogP contribution >= 0.6 is 0 Å². The summed E-state index contributed by atoms with van der Waals surface area (Å²) in [4.78, 5) is 29.3. The Bertz CT molecular complexity index is 1480. The molecular weight excluding hydrogens is 438 g/mol. The summed E-state index contributed by atoms with van der Waals surface area (Å²) in [7, 11) is 0. The number of hydrogen-bond acceptors (Lipinski definition) is 4. The third kappa shape index (κ3) is 3.81. The number of hydrogen-bond donors (Lipinski definition) is 0. The van der Waals surface area contributed by atoms with E-state index in [9.17, 15) is 9.59 Å². The number of ether oxygens (including phenoxy) is 1. The van der Waals surface area contributed by atoms with Crippen LogP contribution in [0.3, 0.4) is 0 Å². The Kier molecular flexibility index (Phi) is 5.72. The van der Waals surface area contributed by atoms with Crippen molar-refractivity contribution in [3.8, 4) is 5.75 Å². The van der Waals surface area contributed by atoms with Crippen molar-refractivity contribution in [3.63, 3.8) is 0 Å². The fourth-order valence-corrected chi connectivity index (χ4v) is 4.74. The van der Waals surface area contributed by atoms with Crippen LogP contribution in [0.25, 0.3) is 11.0 Å². The van der Waals surface area contributed by atoms with Gasteiger partial charge in [0, 0.05) is 5.69 Å². The highest BCUT2D eigenvalue weighted by Crippen LogP contribution is 2.42. The first-order chi connectivity index (χ1) is 16.8. The SMILES string of the molecule is CCOc1ccc(N2C(=O)c3oc4cc(C)c(C)cc4c(=O)c3C2c2ccc(C(C)C)cc2)cc1. The minimum Gasteiger partial charge on any atom is -0.494 e. The van der Waals surface area contributed by atoms with Gasteiger partial charge in [-0.15, -0.1) is 0 Å². The molecule has 1 aliphatic heterocycles. The van der Waals surface area contributed by atoms with Gasteiger partial charge in [0.15, 0.2) is 5.43 Å². The zero-order chi connectivity index (χ0) is 24.9. The minimum absolute atomic E-state index is 0.109. The lowest BCUT2D eigenvalue weighted by atomic mass is 9.94. The first-order valence-electron chi connectivity index (χ1n) is 12.0. The predicted octanol–water partition coefficient (Wildman–Crippen LogP) is 6.68. The molecule has 2 heterocycles. The molecule has 4 aromatic rings. The summed E-state index contributed by atoms with van der Waals surface area (Å²) in [6.07, 6.45) is 0. The standard InChI is InChI=1S/C30H29NO4/c1-6-34-23-13-11-22(12-14-23)31-27(21-9-7-20(8-10-21)17(2)3)26-28(32)24-15-18(4)19(5)16-25(24)35-29(26)30(31)33/h7-17,27H,6H2,1-5H3. The van der Waals surface area contributed by atoms with Crippen molar-refractivity contribution < 1.29 is 13.9 Å². The molecule has 1 aromatic heterocycles. The largest absolute Gasteiger partial charge is 0.494 e. The summed E-state index contributed by atoms with van der Waals surface area (Å²) >= 11 is 0. The molecule has 1 unspecified atom stereocenters. The number of carbonyl (C=O) groups excluding carboxylic acids is 1. The van der Waals surface area contributed by atoms with E-state index in [4.69, 9.17) is 9.15 Å². The molecule has 5 heteroatoms. The average Bonchev–Trinajstić information content (AvgIpc) is 3.14. The highest BCUT2D eigenvalue weighted by Gasteiger charge is 2.43. The molecule has 3 aromatic carbocycles. The van der Waals surface area contributed by atoms with Crippen LogP contribution in [0, 0.1) is 13.8 Å². The first-order valence-corrected chi connectivity index (χ1v) is 12.0. The lowest BCUT2D eigenvalue weighted by Crippen LogP contribution is -2.29. The summed E-state index contributed by atoms with van der Waals surface area (Å²) in [5.41, 5.74) is 5.42. The summed E-state index contributed by atoms with van der Waals surface area (Å²) in [6, 6.07) is 18.6. The fourth-order valence-electron chi connectivity index (χ4n) is 4.74. The van der Waals surface area contributed by atoms with Crippen LogP contribution in [0.2, 0.25) is 0 Å². The van der Waals surface area contributed by atoms with Crippen molar-refractivity contribution in [2.75, 3.05) is 11.5 Å². The molecule has 0 spiro atoms. The summed E-state index contributed by atoms with van der Waals surface area (Å²) in [5.74, 6) is 0.894. The Morgan fingerprint density at radius 3 is 2.23 bits per heavy atom. The molecule has 1 atom stereocenters. The van der Waals surface area contributed by atoms with Crippen molar-refractivity contribution in [1.82, 2.24) is 0 Å². The van der Waals surface area contributed by atoms with Gasteiger partial charge in [-0.2, -0.15) is 0 Å². The third-order valence-electron chi connectivity index (χ3n) is 6.83. The van der Waals surface area contributed by atoms with E-state index in [-0.39, 0.29) is 17.1 Å². The fraction of sp³-hybridized carbons (Fsp3) is 0.267. The smallest absolute Gasteiger partial charge is 0.295 e. The molecule has 0 saturated heterocycles. The summed E-state index contributed by atoms with van der Waals surface area (Å²) < 4.78 is 11.7. The highest BCUT2D eigenvalue weighted by molar-refractivity contribution is 6.10. The maximum atomic E-state index is 13.8. The third-order valence-corrected chi connectivity index (χ3v) is 6.83. The summed E-state index contributed by atoms with van der Waals surface area (Å²) in [5, 5.41) is 0.497. The van der Waals surface area contributed by atoms with Crippen molar-refractivity contribution >= 4 is 22.6 Å². The molecule has 5 rings (SSSR count). The number of carbonyl (C=O) groups is 1. The van der Waals surface area contributed by atoms with Gasteiger partial charge < -0.3 is 9.15 Å². The van der Waals surface area contributed by atoms with Crippen LogP contribution in [-0.2, 0) is 0 Å². The molecule has 0 bridgehead atoms. The van der Waals surface area contributed by atoms with Gasteiger partial charge >= 0.3 is 0 Å². The molecule has 5 nitrogen and oxygen atoms in total. The van der Waals surface area contributed by atoms with Gasteiger partial charge in [-0.05, 0) is 85.3 Å². The number of anilines is 1. The van der Waals surface area contributed by atoms with Crippen LogP contribution in [0.1, 0.15) is 71.1 Å². The van der Waals surface area contributed by atoms with Gasteiger partial charge in [0.25, 0.3) is 5.91 Å². The average molecular weight is 468 g/mol. The van der Waals surface area contributed by atoms with E-state index >= 15 is 0 Å². The zero-order valence-electron chi connectivity index (χ0n) is 20.7. The molecule has 1 aliphatic rings. The molecule has 178 valence electrons. The van der Waals surface area contributed by atoms with Gasteiger partial charge in [-0.25, -0.2) is 0 Å². The normalized spacial score (nSPS) is 15.2. The maximum Gasteiger partial charge on any atom is 0.295 e. The minimum atomic E-state index is -0.584. The second kappa shape index (κ2) is 8.73. The van der Waals surface area contributed by atoms with Crippen molar-refractivity contribution in [3.05, 3.63) is 104 Å². The van der Waals surface area contributed by atoms with Gasteiger partial charge in [-0.1, -0.05) is 38.1 Å². The number of amides is 1.